The standard InChI is InChI=1S/C25H34N8O/c1-16-22(28-19-8-4-3-7-18(19)26-16)20-15-21-29-23(32-13-5-6-14-32)30-24(33(21)31-20)27-17-9-11-25(2,34)12-10-17/h15,17,34H,3-14H2,1-2H3,(H,27,29,30). The molecule has 0 atom stereocenters. The van der Waals surface area contributed by atoms with Gasteiger partial charge in [-0.25, -0.2) is 4.98 Å². The van der Waals surface area contributed by atoms with E-state index in [0.717, 1.165) is 91.7 Å². The monoisotopic (exact) mass is 462 g/mol. The fourth-order valence-corrected chi connectivity index (χ4v) is 5.54. The van der Waals surface area contributed by atoms with Gasteiger partial charge in [-0.15, -0.1) is 0 Å². The summed E-state index contributed by atoms with van der Waals surface area (Å²) < 4.78 is 1.82. The van der Waals surface area contributed by atoms with Crippen LogP contribution in [-0.4, -0.2) is 59.4 Å². The van der Waals surface area contributed by atoms with Crippen LogP contribution in [0.2, 0.25) is 0 Å². The smallest absolute Gasteiger partial charge is 0.230 e. The average molecular weight is 463 g/mol. The van der Waals surface area contributed by atoms with Gasteiger partial charge in [0.15, 0.2) is 5.65 Å². The fourth-order valence-electron chi connectivity index (χ4n) is 5.54. The highest BCUT2D eigenvalue weighted by atomic mass is 16.3. The normalized spacial score (nSPS) is 25.0. The summed E-state index contributed by atoms with van der Waals surface area (Å²) in [7, 11) is 0. The third kappa shape index (κ3) is 4.10. The van der Waals surface area contributed by atoms with Crippen LogP contribution >= 0.6 is 0 Å². The molecule has 0 bridgehead atoms. The molecule has 0 amide bonds. The number of rotatable bonds is 4. The predicted octanol–water partition coefficient (Wildman–Crippen LogP) is 3.47. The van der Waals surface area contributed by atoms with Crippen molar-refractivity contribution in [1.82, 2.24) is 29.5 Å². The number of nitrogens with zero attached hydrogens (tertiary/aromatic N) is 7. The summed E-state index contributed by atoms with van der Waals surface area (Å²) in [6.45, 7) is 5.92. The van der Waals surface area contributed by atoms with Gasteiger partial charge >= 0.3 is 0 Å². The molecule has 34 heavy (non-hydrogen) atoms. The van der Waals surface area contributed by atoms with E-state index in [9.17, 15) is 5.11 Å². The molecule has 0 radical (unpaired) electrons. The second-order valence-corrected chi connectivity index (χ2v) is 10.5. The molecule has 4 heterocycles. The Kier molecular flexibility index (Phi) is 5.39. The molecular formula is C25H34N8O. The predicted molar refractivity (Wildman–Crippen MR) is 131 cm³/mol. The van der Waals surface area contributed by atoms with Crippen molar-refractivity contribution in [1.29, 1.82) is 0 Å². The highest BCUT2D eigenvalue weighted by Gasteiger charge is 2.30. The highest BCUT2D eigenvalue weighted by Crippen LogP contribution is 2.31. The summed E-state index contributed by atoms with van der Waals surface area (Å²) in [6.07, 6.45) is 10.1. The van der Waals surface area contributed by atoms with Gasteiger partial charge in [0.1, 0.15) is 11.4 Å². The largest absolute Gasteiger partial charge is 0.390 e. The van der Waals surface area contributed by atoms with Gasteiger partial charge < -0.3 is 15.3 Å². The van der Waals surface area contributed by atoms with E-state index in [4.69, 9.17) is 25.0 Å². The van der Waals surface area contributed by atoms with Crippen molar-refractivity contribution in [2.45, 2.75) is 89.7 Å². The summed E-state index contributed by atoms with van der Waals surface area (Å²) >= 11 is 0. The van der Waals surface area contributed by atoms with Crippen molar-refractivity contribution in [3.8, 4) is 11.4 Å². The zero-order valence-electron chi connectivity index (χ0n) is 20.2. The molecule has 3 aromatic heterocycles. The number of hydrogen-bond acceptors (Lipinski definition) is 8. The van der Waals surface area contributed by atoms with Gasteiger partial charge in [0, 0.05) is 25.2 Å². The molecule has 0 spiro atoms. The number of aryl methyl sites for hydroxylation is 3. The SMILES string of the molecule is Cc1nc2c(nc1-c1cc3nc(N4CCCC4)nc(NC4CCC(C)(O)CC4)n3n1)CCCC2. The van der Waals surface area contributed by atoms with Gasteiger partial charge in [0.25, 0.3) is 0 Å². The van der Waals surface area contributed by atoms with Crippen molar-refractivity contribution >= 4 is 17.5 Å². The fraction of sp³-hybridized carbons (Fsp3) is 0.640. The number of anilines is 2. The first-order valence-electron chi connectivity index (χ1n) is 12.8. The Bertz CT molecular complexity index is 1200. The Labute approximate surface area is 200 Å². The maximum absolute atomic E-state index is 10.4. The van der Waals surface area contributed by atoms with E-state index < -0.39 is 5.60 Å². The minimum absolute atomic E-state index is 0.252. The summed E-state index contributed by atoms with van der Waals surface area (Å²) in [5, 5.41) is 18.9. The Hall–Kier alpha value is -2.81. The van der Waals surface area contributed by atoms with Crippen molar-refractivity contribution in [3.63, 3.8) is 0 Å². The molecule has 9 nitrogen and oxygen atoms in total. The third-order valence-electron chi connectivity index (χ3n) is 7.64. The van der Waals surface area contributed by atoms with Crippen molar-refractivity contribution < 1.29 is 5.11 Å². The van der Waals surface area contributed by atoms with E-state index in [0.29, 0.717) is 5.95 Å². The van der Waals surface area contributed by atoms with Crippen LogP contribution in [0.15, 0.2) is 6.07 Å². The van der Waals surface area contributed by atoms with Crippen molar-refractivity contribution in [3.05, 3.63) is 23.1 Å². The number of fused-ring (bicyclic) bond motifs is 2. The van der Waals surface area contributed by atoms with E-state index in [-0.39, 0.29) is 6.04 Å². The molecule has 1 aliphatic heterocycles. The van der Waals surface area contributed by atoms with Crippen LogP contribution in [0.1, 0.15) is 75.4 Å². The summed E-state index contributed by atoms with van der Waals surface area (Å²) in [6, 6.07) is 2.27. The minimum Gasteiger partial charge on any atom is -0.390 e. The molecule has 180 valence electrons. The molecule has 3 aliphatic rings. The van der Waals surface area contributed by atoms with Gasteiger partial charge in [-0.2, -0.15) is 19.6 Å². The number of nitrogens with one attached hydrogen (secondary N) is 1. The minimum atomic E-state index is -0.568. The highest BCUT2D eigenvalue weighted by molar-refractivity contribution is 5.65. The van der Waals surface area contributed by atoms with E-state index in [1.165, 1.54) is 25.7 Å². The Balaban J connectivity index is 1.39. The summed E-state index contributed by atoms with van der Waals surface area (Å²) in [4.78, 5) is 21.9. The van der Waals surface area contributed by atoms with Crippen LogP contribution in [0.25, 0.3) is 17.0 Å². The van der Waals surface area contributed by atoms with Crippen molar-refractivity contribution in [2.75, 3.05) is 23.3 Å². The zero-order chi connectivity index (χ0) is 23.3. The molecule has 0 aromatic carbocycles. The Morgan fingerprint density at radius 3 is 2.41 bits per heavy atom. The lowest BCUT2D eigenvalue weighted by Crippen LogP contribution is -2.36. The second-order valence-electron chi connectivity index (χ2n) is 10.5. The van der Waals surface area contributed by atoms with Crippen LogP contribution in [0.5, 0.6) is 0 Å². The van der Waals surface area contributed by atoms with E-state index in [1.54, 1.807) is 0 Å². The van der Waals surface area contributed by atoms with Gasteiger partial charge in [-0.3, -0.25) is 4.98 Å². The Morgan fingerprint density at radius 1 is 0.971 bits per heavy atom. The quantitative estimate of drug-likeness (QED) is 0.607. The lowest BCUT2D eigenvalue weighted by molar-refractivity contribution is 0.0195. The molecule has 3 aromatic rings. The molecule has 0 unspecified atom stereocenters. The number of aliphatic hydroxyl groups is 1. The topological polar surface area (TPSA) is 104 Å². The first-order chi connectivity index (χ1) is 16.4. The molecule has 2 fully saturated rings. The van der Waals surface area contributed by atoms with Crippen molar-refractivity contribution in [2.24, 2.45) is 0 Å². The summed E-state index contributed by atoms with van der Waals surface area (Å²) in [5.41, 5.74) is 5.01. The Morgan fingerprint density at radius 2 is 1.68 bits per heavy atom. The first-order valence-corrected chi connectivity index (χ1v) is 12.8. The molecular weight excluding hydrogens is 428 g/mol. The molecule has 2 aliphatic carbocycles. The van der Waals surface area contributed by atoms with Gasteiger partial charge in [-0.05, 0) is 78.1 Å². The maximum atomic E-state index is 10.4. The molecule has 6 rings (SSSR count). The molecule has 1 saturated heterocycles. The van der Waals surface area contributed by atoms with Gasteiger partial charge in [0.05, 0.1) is 22.7 Å². The van der Waals surface area contributed by atoms with Crippen LogP contribution < -0.4 is 10.2 Å². The lowest BCUT2D eigenvalue weighted by Gasteiger charge is -2.33. The van der Waals surface area contributed by atoms with Crippen LogP contribution in [0.3, 0.4) is 0 Å². The lowest BCUT2D eigenvalue weighted by atomic mass is 9.84. The maximum Gasteiger partial charge on any atom is 0.230 e. The number of aromatic nitrogens is 6. The van der Waals surface area contributed by atoms with Gasteiger partial charge in [0.2, 0.25) is 11.9 Å². The molecule has 9 heteroatoms. The van der Waals surface area contributed by atoms with Crippen LogP contribution in [0, 0.1) is 6.92 Å². The van der Waals surface area contributed by atoms with E-state index >= 15 is 0 Å². The van der Waals surface area contributed by atoms with E-state index in [2.05, 4.69) is 10.2 Å². The third-order valence-corrected chi connectivity index (χ3v) is 7.64. The molecule has 2 N–H and O–H groups in total. The first kappa shape index (κ1) is 21.7. The average Bonchev–Trinajstić information content (AvgIpc) is 3.50. The van der Waals surface area contributed by atoms with Crippen LogP contribution in [0.4, 0.5) is 11.9 Å². The van der Waals surface area contributed by atoms with Gasteiger partial charge in [-0.1, -0.05) is 0 Å². The van der Waals surface area contributed by atoms with Crippen LogP contribution in [-0.2, 0) is 12.8 Å². The zero-order valence-corrected chi connectivity index (χ0v) is 20.2. The van der Waals surface area contributed by atoms with E-state index in [1.807, 2.05) is 24.4 Å². The second kappa shape index (κ2) is 8.45. The number of hydrogen-bond donors (Lipinski definition) is 2. The summed E-state index contributed by atoms with van der Waals surface area (Å²) in [5.74, 6) is 1.48. The molecule has 1 saturated carbocycles.